The zero-order valence-electron chi connectivity index (χ0n) is 12.5. The molecule has 0 bridgehead atoms. The predicted molar refractivity (Wildman–Crippen MR) is 93.5 cm³/mol. The van der Waals surface area contributed by atoms with E-state index in [0.29, 0.717) is 10.7 Å². The first-order valence-corrected chi connectivity index (χ1v) is 8.18. The van der Waals surface area contributed by atoms with Crippen molar-refractivity contribution in [1.82, 2.24) is 20.1 Å². The van der Waals surface area contributed by atoms with Crippen LogP contribution in [0.25, 0.3) is 0 Å². The molecule has 9 heteroatoms. The highest BCUT2D eigenvalue weighted by Crippen LogP contribution is 2.33. The Morgan fingerprint density at radius 2 is 2.35 bits per heavy atom. The van der Waals surface area contributed by atoms with Crippen molar-refractivity contribution >= 4 is 47.4 Å². The standard InChI is InChI=1S/C14H16ClN5OS.ClH/c1-20-8-17-19-14(20)22-12-5-4-9(7-10(12)15)18-13(21)11-3-2-6-16-11;/h4-5,7-8,11,16H,2-3,6H2,1H3,(H,18,21);1H. The van der Waals surface area contributed by atoms with Gasteiger partial charge in [0.1, 0.15) is 6.33 Å². The minimum Gasteiger partial charge on any atom is -0.325 e. The second kappa shape index (κ2) is 8.01. The summed E-state index contributed by atoms with van der Waals surface area (Å²) in [4.78, 5) is 12.9. The fourth-order valence-electron chi connectivity index (χ4n) is 2.26. The summed E-state index contributed by atoms with van der Waals surface area (Å²) in [5.41, 5.74) is 0.700. The molecule has 1 aromatic carbocycles. The fraction of sp³-hybridized carbons (Fsp3) is 0.357. The summed E-state index contributed by atoms with van der Waals surface area (Å²) in [6.07, 6.45) is 3.55. The maximum atomic E-state index is 12.1. The summed E-state index contributed by atoms with van der Waals surface area (Å²) in [7, 11) is 1.87. The fourth-order valence-corrected chi connectivity index (χ4v) is 3.33. The van der Waals surface area contributed by atoms with Gasteiger partial charge in [-0.3, -0.25) is 4.79 Å². The Kier molecular flexibility index (Phi) is 6.29. The number of carbonyl (C=O) groups excluding carboxylic acids is 1. The number of nitrogens with one attached hydrogen (secondary N) is 2. The highest BCUT2D eigenvalue weighted by molar-refractivity contribution is 7.99. The smallest absolute Gasteiger partial charge is 0.241 e. The van der Waals surface area contributed by atoms with E-state index in [1.54, 1.807) is 12.4 Å². The van der Waals surface area contributed by atoms with Crippen molar-refractivity contribution in [3.8, 4) is 0 Å². The van der Waals surface area contributed by atoms with Gasteiger partial charge in [-0.15, -0.1) is 22.6 Å². The second-order valence-corrected chi connectivity index (χ2v) is 6.53. The molecule has 0 saturated carbocycles. The lowest BCUT2D eigenvalue weighted by molar-refractivity contribution is -0.117. The number of carbonyl (C=O) groups is 1. The number of amides is 1. The molecule has 2 aromatic rings. The lowest BCUT2D eigenvalue weighted by Crippen LogP contribution is -2.35. The largest absolute Gasteiger partial charge is 0.325 e. The number of aromatic nitrogens is 3. The summed E-state index contributed by atoms with van der Waals surface area (Å²) in [6, 6.07) is 5.37. The third kappa shape index (κ3) is 4.38. The topological polar surface area (TPSA) is 71.8 Å². The van der Waals surface area contributed by atoms with Gasteiger partial charge < -0.3 is 15.2 Å². The number of nitrogens with zero attached hydrogens (tertiary/aromatic N) is 3. The highest BCUT2D eigenvalue weighted by Gasteiger charge is 2.22. The Bertz CT molecular complexity index is 688. The number of hydrogen-bond acceptors (Lipinski definition) is 5. The Hall–Kier alpha value is -1.28. The van der Waals surface area contributed by atoms with Crippen LogP contribution in [-0.4, -0.2) is 33.3 Å². The van der Waals surface area contributed by atoms with Gasteiger partial charge in [-0.05, 0) is 49.3 Å². The minimum absolute atomic E-state index is 0. The molecule has 0 spiro atoms. The van der Waals surface area contributed by atoms with Crippen LogP contribution in [0.2, 0.25) is 5.02 Å². The van der Waals surface area contributed by atoms with Gasteiger partial charge >= 0.3 is 0 Å². The zero-order chi connectivity index (χ0) is 15.5. The lowest BCUT2D eigenvalue weighted by Gasteiger charge is -2.12. The summed E-state index contributed by atoms with van der Waals surface area (Å²) in [5, 5.41) is 15.2. The molecule has 3 rings (SSSR count). The average molecular weight is 374 g/mol. The third-order valence-electron chi connectivity index (χ3n) is 3.45. The molecule has 1 unspecified atom stereocenters. The summed E-state index contributed by atoms with van der Waals surface area (Å²) in [5.74, 6) is -0.0118. The molecule has 1 saturated heterocycles. The number of benzene rings is 1. The maximum Gasteiger partial charge on any atom is 0.241 e. The van der Waals surface area contributed by atoms with Crippen molar-refractivity contribution in [1.29, 1.82) is 0 Å². The lowest BCUT2D eigenvalue weighted by atomic mass is 10.2. The number of anilines is 1. The van der Waals surface area contributed by atoms with Crippen molar-refractivity contribution in [2.75, 3.05) is 11.9 Å². The van der Waals surface area contributed by atoms with Crippen LogP contribution in [0.4, 0.5) is 5.69 Å². The zero-order valence-corrected chi connectivity index (χ0v) is 14.8. The molecule has 1 atom stereocenters. The number of hydrogen-bond donors (Lipinski definition) is 2. The molecule has 1 aliphatic rings. The van der Waals surface area contributed by atoms with Crippen molar-refractivity contribution in [3.63, 3.8) is 0 Å². The third-order valence-corrected chi connectivity index (χ3v) is 5.00. The van der Waals surface area contributed by atoms with Crippen molar-refractivity contribution in [2.45, 2.75) is 28.9 Å². The Balaban J connectivity index is 0.00000192. The molecule has 0 aliphatic carbocycles. The van der Waals surface area contributed by atoms with E-state index in [1.165, 1.54) is 11.8 Å². The van der Waals surface area contributed by atoms with Crippen LogP contribution in [0.1, 0.15) is 12.8 Å². The quantitative estimate of drug-likeness (QED) is 0.861. The van der Waals surface area contributed by atoms with Gasteiger partial charge in [0, 0.05) is 17.6 Å². The van der Waals surface area contributed by atoms with Gasteiger partial charge in [-0.1, -0.05) is 11.6 Å². The molecule has 1 amide bonds. The van der Waals surface area contributed by atoms with Crippen LogP contribution in [0.15, 0.2) is 34.6 Å². The van der Waals surface area contributed by atoms with E-state index >= 15 is 0 Å². The SMILES string of the molecule is Cl.Cn1cnnc1Sc1ccc(NC(=O)C2CCCN2)cc1Cl. The van der Waals surface area contributed by atoms with Crippen LogP contribution in [0, 0.1) is 0 Å². The summed E-state index contributed by atoms with van der Waals surface area (Å²) < 4.78 is 1.82. The first-order chi connectivity index (χ1) is 10.6. The van der Waals surface area contributed by atoms with Gasteiger partial charge in [0.2, 0.25) is 5.91 Å². The molecule has 1 aliphatic heterocycles. The molecule has 1 aromatic heterocycles. The van der Waals surface area contributed by atoms with Crippen molar-refractivity contribution < 1.29 is 4.79 Å². The van der Waals surface area contributed by atoms with E-state index in [1.807, 2.05) is 23.7 Å². The summed E-state index contributed by atoms with van der Waals surface area (Å²) in [6.45, 7) is 0.895. The van der Waals surface area contributed by atoms with E-state index in [9.17, 15) is 4.79 Å². The molecule has 23 heavy (non-hydrogen) atoms. The van der Waals surface area contributed by atoms with E-state index < -0.39 is 0 Å². The van der Waals surface area contributed by atoms with E-state index in [-0.39, 0.29) is 24.4 Å². The first kappa shape index (κ1) is 18.1. The predicted octanol–water partition coefficient (Wildman–Crippen LogP) is 2.73. The molecular weight excluding hydrogens is 357 g/mol. The monoisotopic (exact) mass is 373 g/mol. The van der Waals surface area contributed by atoms with Gasteiger partial charge in [-0.25, -0.2) is 0 Å². The highest BCUT2D eigenvalue weighted by atomic mass is 35.5. The van der Waals surface area contributed by atoms with Crippen LogP contribution in [0.5, 0.6) is 0 Å². The number of rotatable bonds is 4. The number of halogens is 2. The van der Waals surface area contributed by atoms with E-state index in [4.69, 9.17) is 11.6 Å². The van der Waals surface area contributed by atoms with Crippen LogP contribution in [0.3, 0.4) is 0 Å². The van der Waals surface area contributed by atoms with E-state index in [0.717, 1.165) is 29.4 Å². The molecule has 2 heterocycles. The van der Waals surface area contributed by atoms with Gasteiger partial charge in [-0.2, -0.15) is 0 Å². The minimum atomic E-state index is -0.105. The van der Waals surface area contributed by atoms with Gasteiger partial charge in [0.05, 0.1) is 11.1 Å². The molecule has 2 N–H and O–H groups in total. The van der Waals surface area contributed by atoms with Crippen LogP contribution in [-0.2, 0) is 11.8 Å². The summed E-state index contributed by atoms with van der Waals surface area (Å²) >= 11 is 7.73. The molecular formula is C14H17Cl2N5OS. The molecule has 124 valence electrons. The Morgan fingerprint density at radius 3 is 2.96 bits per heavy atom. The average Bonchev–Trinajstić information content (AvgIpc) is 3.14. The number of aryl methyl sites for hydroxylation is 1. The van der Waals surface area contributed by atoms with E-state index in [2.05, 4.69) is 20.8 Å². The van der Waals surface area contributed by atoms with Crippen molar-refractivity contribution in [2.24, 2.45) is 7.05 Å². The normalized spacial score (nSPS) is 16.9. The second-order valence-electron chi connectivity index (χ2n) is 5.11. The van der Waals surface area contributed by atoms with Crippen LogP contribution < -0.4 is 10.6 Å². The Morgan fingerprint density at radius 1 is 1.52 bits per heavy atom. The molecule has 0 radical (unpaired) electrons. The van der Waals surface area contributed by atoms with Gasteiger partial charge in [0.15, 0.2) is 5.16 Å². The van der Waals surface area contributed by atoms with Crippen molar-refractivity contribution in [3.05, 3.63) is 29.5 Å². The Labute approximate surface area is 149 Å². The maximum absolute atomic E-state index is 12.1. The molecule has 6 nitrogen and oxygen atoms in total. The first-order valence-electron chi connectivity index (χ1n) is 6.99. The van der Waals surface area contributed by atoms with Crippen LogP contribution >= 0.6 is 35.8 Å². The van der Waals surface area contributed by atoms with Gasteiger partial charge in [0.25, 0.3) is 0 Å². The molecule has 1 fully saturated rings.